The fourth-order valence-corrected chi connectivity index (χ4v) is 3.35. The molecule has 0 aliphatic carbocycles. The average Bonchev–Trinajstić information content (AvgIpc) is 2.85. The standard InChI is InChI=1S/C16H19NO2S/c1-3-12(4-2)14-15(16(18)19)20-13(17-14)10-11-8-6-5-7-9-11/h5-9,12H,3-4,10H2,1-2H3,(H,18,19). The molecule has 2 aromatic rings. The molecule has 0 unspecified atom stereocenters. The first-order valence-corrected chi connectivity index (χ1v) is 7.74. The maximum Gasteiger partial charge on any atom is 0.347 e. The van der Waals surface area contributed by atoms with Crippen LogP contribution in [0.5, 0.6) is 0 Å². The Labute approximate surface area is 123 Å². The second-order valence-corrected chi connectivity index (χ2v) is 5.89. The van der Waals surface area contributed by atoms with E-state index in [0.29, 0.717) is 11.3 Å². The molecule has 2 rings (SSSR count). The predicted octanol–water partition coefficient (Wildman–Crippen LogP) is 4.34. The summed E-state index contributed by atoms with van der Waals surface area (Å²) >= 11 is 1.31. The molecule has 0 aliphatic heterocycles. The van der Waals surface area contributed by atoms with E-state index in [1.165, 1.54) is 11.3 Å². The predicted molar refractivity (Wildman–Crippen MR) is 81.6 cm³/mol. The van der Waals surface area contributed by atoms with Crippen LogP contribution in [0.25, 0.3) is 0 Å². The van der Waals surface area contributed by atoms with Crippen LogP contribution in [-0.4, -0.2) is 16.1 Å². The summed E-state index contributed by atoms with van der Waals surface area (Å²) in [4.78, 5) is 16.4. The van der Waals surface area contributed by atoms with Crippen molar-refractivity contribution in [3.8, 4) is 0 Å². The minimum absolute atomic E-state index is 0.238. The summed E-state index contributed by atoms with van der Waals surface area (Å²) in [5, 5.41) is 10.2. The van der Waals surface area contributed by atoms with E-state index in [9.17, 15) is 9.90 Å². The number of thiazole rings is 1. The zero-order chi connectivity index (χ0) is 14.5. The van der Waals surface area contributed by atoms with Crippen molar-refractivity contribution in [3.63, 3.8) is 0 Å². The molecule has 1 aromatic carbocycles. The van der Waals surface area contributed by atoms with Crippen molar-refractivity contribution in [2.45, 2.75) is 39.0 Å². The zero-order valence-electron chi connectivity index (χ0n) is 11.8. The average molecular weight is 289 g/mol. The number of benzene rings is 1. The molecule has 0 bridgehead atoms. The van der Waals surface area contributed by atoms with E-state index < -0.39 is 5.97 Å². The van der Waals surface area contributed by atoms with E-state index >= 15 is 0 Å². The molecule has 0 fully saturated rings. The molecule has 0 radical (unpaired) electrons. The first kappa shape index (κ1) is 14.7. The number of carboxylic acid groups (broad SMARTS) is 1. The highest BCUT2D eigenvalue weighted by Gasteiger charge is 2.22. The van der Waals surface area contributed by atoms with Gasteiger partial charge < -0.3 is 5.11 Å². The molecule has 0 aliphatic rings. The Bertz CT molecular complexity index is 573. The van der Waals surface area contributed by atoms with Gasteiger partial charge in [-0.2, -0.15) is 0 Å². The van der Waals surface area contributed by atoms with E-state index in [0.717, 1.165) is 29.1 Å². The molecule has 3 nitrogen and oxygen atoms in total. The van der Waals surface area contributed by atoms with Gasteiger partial charge in [-0.3, -0.25) is 0 Å². The van der Waals surface area contributed by atoms with Crippen LogP contribution in [0, 0.1) is 0 Å². The quantitative estimate of drug-likeness (QED) is 0.860. The molecule has 0 amide bonds. The Balaban J connectivity index is 2.32. The maximum atomic E-state index is 11.4. The topological polar surface area (TPSA) is 50.2 Å². The van der Waals surface area contributed by atoms with Gasteiger partial charge in [0.1, 0.15) is 4.88 Å². The lowest BCUT2D eigenvalue weighted by Crippen LogP contribution is -2.04. The maximum absolute atomic E-state index is 11.4. The molecule has 1 N–H and O–H groups in total. The van der Waals surface area contributed by atoms with Crippen LogP contribution in [-0.2, 0) is 6.42 Å². The van der Waals surface area contributed by atoms with Crippen LogP contribution in [0.15, 0.2) is 30.3 Å². The number of aromatic nitrogens is 1. The minimum Gasteiger partial charge on any atom is -0.477 e. The van der Waals surface area contributed by atoms with Gasteiger partial charge in [-0.05, 0) is 18.4 Å². The van der Waals surface area contributed by atoms with Gasteiger partial charge in [0.15, 0.2) is 0 Å². The van der Waals surface area contributed by atoms with Crippen molar-refractivity contribution < 1.29 is 9.90 Å². The molecule has 1 heterocycles. The fraction of sp³-hybridized carbons (Fsp3) is 0.375. The molecular weight excluding hydrogens is 270 g/mol. The van der Waals surface area contributed by atoms with Gasteiger partial charge >= 0.3 is 5.97 Å². The molecule has 0 atom stereocenters. The van der Waals surface area contributed by atoms with Crippen LogP contribution in [0.1, 0.15) is 58.5 Å². The molecule has 0 saturated heterocycles. The number of hydrogen-bond donors (Lipinski definition) is 1. The van der Waals surface area contributed by atoms with Crippen LogP contribution in [0.2, 0.25) is 0 Å². The second kappa shape index (κ2) is 6.66. The summed E-state index contributed by atoms with van der Waals surface area (Å²) in [6, 6.07) is 10.0. The summed E-state index contributed by atoms with van der Waals surface area (Å²) in [5.41, 5.74) is 1.92. The Hall–Kier alpha value is -1.68. The zero-order valence-corrected chi connectivity index (χ0v) is 12.6. The largest absolute Gasteiger partial charge is 0.477 e. The van der Waals surface area contributed by atoms with Crippen LogP contribution < -0.4 is 0 Å². The van der Waals surface area contributed by atoms with Gasteiger partial charge in [-0.1, -0.05) is 44.2 Å². The first-order chi connectivity index (χ1) is 9.65. The van der Waals surface area contributed by atoms with Gasteiger partial charge in [0.2, 0.25) is 0 Å². The highest BCUT2D eigenvalue weighted by Crippen LogP contribution is 2.30. The van der Waals surface area contributed by atoms with Crippen molar-refractivity contribution in [2.75, 3.05) is 0 Å². The number of nitrogens with zero attached hydrogens (tertiary/aromatic N) is 1. The molecular formula is C16H19NO2S. The van der Waals surface area contributed by atoms with Gasteiger partial charge in [0, 0.05) is 12.3 Å². The molecule has 0 saturated carbocycles. The number of hydrogen-bond acceptors (Lipinski definition) is 3. The lowest BCUT2D eigenvalue weighted by atomic mass is 9.98. The molecule has 106 valence electrons. The van der Waals surface area contributed by atoms with Crippen molar-refractivity contribution in [2.24, 2.45) is 0 Å². The van der Waals surface area contributed by atoms with Crippen LogP contribution in [0.4, 0.5) is 0 Å². The van der Waals surface area contributed by atoms with E-state index in [1.54, 1.807) is 0 Å². The third kappa shape index (κ3) is 3.25. The molecule has 1 aromatic heterocycles. The van der Waals surface area contributed by atoms with E-state index in [-0.39, 0.29) is 5.92 Å². The highest BCUT2D eigenvalue weighted by atomic mass is 32.1. The van der Waals surface area contributed by atoms with E-state index in [4.69, 9.17) is 0 Å². The summed E-state index contributed by atoms with van der Waals surface area (Å²) in [6.07, 6.45) is 2.54. The number of aromatic carboxylic acids is 1. The van der Waals surface area contributed by atoms with Gasteiger partial charge in [-0.25, -0.2) is 9.78 Å². The molecule has 20 heavy (non-hydrogen) atoms. The summed E-state index contributed by atoms with van der Waals surface area (Å²) in [5.74, 6) is -0.620. The van der Waals surface area contributed by atoms with Gasteiger partial charge in [-0.15, -0.1) is 11.3 Å². The van der Waals surface area contributed by atoms with Crippen molar-refractivity contribution in [3.05, 3.63) is 51.5 Å². The number of carbonyl (C=O) groups is 1. The smallest absolute Gasteiger partial charge is 0.347 e. The Morgan fingerprint density at radius 2 is 1.90 bits per heavy atom. The van der Waals surface area contributed by atoms with E-state index in [1.807, 2.05) is 30.3 Å². The first-order valence-electron chi connectivity index (χ1n) is 6.92. The van der Waals surface area contributed by atoms with Gasteiger partial charge in [0.25, 0.3) is 0 Å². The number of carboxylic acids is 1. The Kier molecular flexibility index (Phi) is 4.90. The summed E-state index contributed by atoms with van der Waals surface area (Å²) < 4.78 is 0. The van der Waals surface area contributed by atoms with Crippen molar-refractivity contribution in [1.82, 2.24) is 4.98 Å². The van der Waals surface area contributed by atoms with E-state index in [2.05, 4.69) is 18.8 Å². The summed E-state index contributed by atoms with van der Waals surface area (Å²) in [7, 11) is 0. The monoisotopic (exact) mass is 289 g/mol. The second-order valence-electron chi connectivity index (χ2n) is 4.80. The fourth-order valence-electron chi connectivity index (χ4n) is 2.33. The van der Waals surface area contributed by atoms with Crippen LogP contribution >= 0.6 is 11.3 Å². The Morgan fingerprint density at radius 3 is 2.45 bits per heavy atom. The lowest BCUT2D eigenvalue weighted by molar-refractivity contribution is 0.0700. The third-order valence-electron chi connectivity index (χ3n) is 3.46. The minimum atomic E-state index is -0.858. The van der Waals surface area contributed by atoms with Gasteiger partial charge in [0.05, 0.1) is 10.7 Å². The Morgan fingerprint density at radius 1 is 1.25 bits per heavy atom. The lowest BCUT2D eigenvalue weighted by Gasteiger charge is -2.09. The van der Waals surface area contributed by atoms with Crippen molar-refractivity contribution >= 4 is 17.3 Å². The third-order valence-corrected chi connectivity index (χ3v) is 4.52. The SMILES string of the molecule is CCC(CC)c1nc(Cc2ccccc2)sc1C(=O)O. The molecule has 0 spiro atoms. The van der Waals surface area contributed by atoms with Crippen LogP contribution in [0.3, 0.4) is 0 Å². The summed E-state index contributed by atoms with van der Waals surface area (Å²) in [6.45, 7) is 4.16. The highest BCUT2D eigenvalue weighted by molar-refractivity contribution is 7.13. The molecule has 4 heteroatoms. The van der Waals surface area contributed by atoms with Crippen molar-refractivity contribution in [1.29, 1.82) is 0 Å². The normalized spacial score (nSPS) is 10.9. The number of rotatable bonds is 6.